The zero-order valence-electron chi connectivity index (χ0n) is 9.05. The Bertz CT molecular complexity index is 153. The lowest BCUT2D eigenvalue weighted by atomic mass is 9.90. The van der Waals surface area contributed by atoms with Crippen LogP contribution in [-0.2, 0) is 4.74 Å². The van der Waals surface area contributed by atoms with Crippen LogP contribution in [0.25, 0.3) is 0 Å². The number of hydrogen-bond acceptors (Lipinski definition) is 3. The van der Waals surface area contributed by atoms with Crippen LogP contribution in [0.4, 0.5) is 0 Å². The predicted molar refractivity (Wildman–Crippen MR) is 54.7 cm³/mol. The van der Waals surface area contributed by atoms with E-state index in [0.717, 1.165) is 26.1 Å². The van der Waals surface area contributed by atoms with Crippen LogP contribution < -0.4 is 5.73 Å². The summed E-state index contributed by atoms with van der Waals surface area (Å²) >= 11 is 0. The summed E-state index contributed by atoms with van der Waals surface area (Å²) in [5, 5.41) is 0. The number of rotatable bonds is 3. The molecular formula is C10H22N2O. The molecule has 78 valence electrons. The summed E-state index contributed by atoms with van der Waals surface area (Å²) in [5.74, 6) is 0. The zero-order valence-corrected chi connectivity index (χ0v) is 9.05. The molecule has 1 fully saturated rings. The molecule has 13 heavy (non-hydrogen) atoms. The van der Waals surface area contributed by atoms with Crippen molar-refractivity contribution in [3.63, 3.8) is 0 Å². The van der Waals surface area contributed by atoms with Crippen molar-refractivity contribution in [2.24, 2.45) is 5.73 Å². The number of hydrogen-bond donors (Lipinski definition) is 1. The van der Waals surface area contributed by atoms with E-state index in [1.54, 1.807) is 0 Å². The molecule has 1 unspecified atom stereocenters. The van der Waals surface area contributed by atoms with Crippen LogP contribution in [0.3, 0.4) is 0 Å². The summed E-state index contributed by atoms with van der Waals surface area (Å²) < 4.78 is 5.53. The Morgan fingerprint density at radius 2 is 2.23 bits per heavy atom. The van der Waals surface area contributed by atoms with E-state index in [4.69, 9.17) is 10.5 Å². The van der Waals surface area contributed by atoms with Crippen molar-refractivity contribution in [3.8, 4) is 0 Å². The second kappa shape index (κ2) is 4.40. The van der Waals surface area contributed by atoms with E-state index in [0.29, 0.717) is 12.6 Å². The van der Waals surface area contributed by atoms with Gasteiger partial charge in [0, 0.05) is 19.2 Å². The third-order valence-electron chi connectivity index (χ3n) is 3.20. The Hall–Kier alpha value is -0.120. The van der Waals surface area contributed by atoms with Gasteiger partial charge in [0.2, 0.25) is 0 Å². The van der Waals surface area contributed by atoms with Gasteiger partial charge in [0.15, 0.2) is 0 Å². The van der Waals surface area contributed by atoms with Gasteiger partial charge in [0.05, 0.1) is 12.1 Å². The third kappa shape index (κ3) is 2.22. The first kappa shape index (κ1) is 11.0. The first-order valence-electron chi connectivity index (χ1n) is 5.13. The van der Waals surface area contributed by atoms with Gasteiger partial charge < -0.3 is 10.5 Å². The van der Waals surface area contributed by atoms with Gasteiger partial charge in [-0.15, -0.1) is 0 Å². The normalized spacial score (nSPS) is 30.0. The maximum absolute atomic E-state index is 5.86. The van der Waals surface area contributed by atoms with Gasteiger partial charge in [-0.05, 0) is 33.7 Å². The lowest BCUT2D eigenvalue weighted by Crippen LogP contribution is -2.59. The van der Waals surface area contributed by atoms with E-state index in [9.17, 15) is 0 Å². The molecule has 2 N–H and O–H groups in total. The topological polar surface area (TPSA) is 38.5 Å². The highest BCUT2D eigenvalue weighted by molar-refractivity contribution is 4.93. The fourth-order valence-electron chi connectivity index (χ4n) is 1.97. The molecule has 1 heterocycles. The van der Waals surface area contributed by atoms with E-state index >= 15 is 0 Å². The molecule has 1 aliphatic rings. The second-order valence-corrected chi connectivity index (χ2v) is 4.29. The molecule has 0 aromatic heterocycles. The van der Waals surface area contributed by atoms with Gasteiger partial charge in [0.25, 0.3) is 0 Å². The van der Waals surface area contributed by atoms with Crippen molar-refractivity contribution >= 4 is 0 Å². The van der Waals surface area contributed by atoms with Crippen LogP contribution >= 0.6 is 0 Å². The highest BCUT2D eigenvalue weighted by Gasteiger charge is 2.36. The maximum atomic E-state index is 5.86. The minimum absolute atomic E-state index is 0.0897. The molecule has 1 aliphatic heterocycles. The Morgan fingerprint density at radius 1 is 1.54 bits per heavy atom. The van der Waals surface area contributed by atoms with Gasteiger partial charge in [-0.3, -0.25) is 4.90 Å². The first-order chi connectivity index (χ1) is 6.12. The van der Waals surface area contributed by atoms with Crippen molar-refractivity contribution < 1.29 is 4.74 Å². The molecule has 0 aromatic carbocycles. The van der Waals surface area contributed by atoms with Gasteiger partial charge in [-0.2, -0.15) is 0 Å². The molecule has 3 heteroatoms. The molecular weight excluding hydrogens is 164 g/mol. The van der Waals surface area contributed by atoms with E-state index < -0.39 is 0 Å². The molecule has 0 aromatic rings. The fourth-order valence-corrected chi connectivity index (χ4v) is 1.97. The molecule has 0 bridgehead atoms. The molecule has 3 nitrogen and oxygen atoms in total. The number of ether oxygens (including phenoxy) is 1. The zero-order chi connectivity index (χ0) is 9.90. The highest BCUT2D eigenvalue weighted by Crippen LogP contribution is 2.25. The molecule has 0 radical (unpaired) electrons. The molecule has 0 amide bonds. The van der Waals surface area contributed by atoms with Gasteiger partial charge in [-0.25, -0.2) is 0 Å². The highest BCUT2D eigenvalue weighted by atomic mass is 16.5. The summed E-state index contributed by atoms with van der Waals surface area (Å²) in [6.07, 6.45) is 2.30. The smallest absolute Gasteiger partial charge is 0.0662 e. The van der Waals surface area contributed by atoms with Crippen LogP contribution in [0.1, 0.15) is 26.7 Å². The quantitative estimate of drug-likeness (QED) is 0.709. The summed E-state index contributed by atoms with van der Waals surface area (Å²) in [4.78, 5) is 2.35. The van der Waals surface area contributed by atoms with E-state index in [2.05, 4.69) is 25.8 Å². The fraction of sp³-hybridized carbons (Fsp3) is 1.00. The van der Waals surface area contributed by atoms with Crippen molar-refractivity contribution in [2.45, 2.75) is 38.3 Å². The average molecular weight is 186 g/mol. The van der Waals surface area contributed by atoms with Crippen molar-refractivity contribution in [1.82, 2.24) is 4.90 Å². The van der Waals surface area contributed by atoms with Gasteiger partial charge in [0.1, 0.15) is 0 Å². The summed E-state index contributed by atoms with van der Waals surface area (Å²) in [5.41, 5.74) is 5.94. The van der Waals surface area contributed by atoms with E-state index in [1.165, 1.54) is 0 Å². The van der Waals surface area contributed by atoms with Gasteiger partial charge in [-0.1, -0.05) is 0 Å². The lowest BCUT2D eigenvalue weighted by molar-refractivity contribution is -0.0455. The monoisotopic (exact) mass is 186 g/mol. The Morgan fingerprint density at radius 3 is 2.62 bits per heavy atom. The van der Waals surface area contributed by atoms with E-state index in [1.807, 2.05) is 0 Å². The standard InChI is InChI=1S/C10H22N2O/c1-9(2)12(3)10(7-11)5-4-6-13-8-10/h9H,4-8,11H2,1-3H3. The van der Waals surface area contributed by atoms with Crippen molar-refractivity contribution in [1.29, 1.82) is 0 Å². The minimum atomic E-state index is 0.0897. The number of nitrogens with zero attached hydrogens (tertiary/aromatic N) is 1. The first-order valence-corrected chi connectivity index (χ1v) is 5.13. The lowest BCUT2D eigenvalue weighted by Gasteiger charge is -2.45. The van der Waals surface area contributed by atoms with Crippen molar-refractivity contribution in [2.75, 3.05) is 26.8 Å². The van der Waals surface area contributed by atoms with Crippen LogP contribution in [0.15, 0.2) is 0 Å². The van der Waals surface area contributed by atoms with Crippen molar-refractivity contribution in [3.05, 3.63) is 0 Å². The summed E-state index contributed by atoms with van der Waals surface area (Å²) in [6.45, 7) is 6.78. The van der Waals surface area contributed by atoms with Crippen LogP contribution in [0.5, 0.6) is 0 Å². The van der Waals surface area contributed by atoms with Crippen LogP contribution in [0.2, 0.25) is 0 Å². The molecule has 0 aliphatic carbocycles. The molecule has 0 saturated carbocycles. The molecule has 1 saturated heterocycles. The Kier molecular flexibility index (Phi) is 3.71. The molecule has 1 rings (SSSR count). The second-order valence-electron chi connectivity index (χ2n) is 4.29. The maximum Gasteiger partial charge on any atom is 0.0662 e. The average Bonchev–Trinajstić information content (AvgIpc) is 2.17. The third-order valence-corrected chi connectivity index (χ3v) is 3.20. The number of nitrogens with two attached hydrogens (primary N) is 1. The predicted octanol–water partition coefficient (Wildman–Crippen LogP) is 0.834. The van der Waals surface area contributed by atoms with E-state index in [-0.39, 0.29) is 5.54 Å². The SMILES string of the molecule is CC(C)N(C)C1(CN)CCCOC1. The van der Waals surface area contributed by atoms with Crippen LogP contribution in [0, 0.1) is 0 Å². The van der Waals surface area contributed by atoms with Crippen LogP contribution in [-0.4, -0.2) is 43.3 Å². The minimum Gasteiger partial charge on any atom is -0.379 e. The molecule has 0 spiro atoms. The largest absolute Gasteiger partial charge is 0.379 e. The summed E-state index contributed by atoms with van der Waals surface area (Å²) in [7, 11) is 2.15. The Balaban J connectivity index is 2.66. The van der Waals surface area contributed by atoms with Gasteiger partial charge >= 0.3 is 0 Å². The summed E-state index contributed by atoms with van der Waals surface area (Å²) in [6, 6.07) is 0.533. The number of likely N-dealkylation sites (N-methyl/N-ethyl adjacent to an activating group) is 1. The Labute approximate surface area is 81.2 Å². The molecule has 1 atom stereocenters.